The fraction of sp³-hybridized carbons (Fsp3) is 0.440. The first-order valence-electron chi connectivity index (χ1n) is 11.7. The van der Waals surface area contributed by atoms with Gasteiger partial charge in [-0.1, -0.05) is 12.1 Å². The number of ether oxygens (including phenoxy) is 2. The molecule has 2 aromatic rings. The topological polar surface area (TPSA) is 105 Å². The molecule has 0 atom stereocenters. The number of nitrogens with one attached hydrogen (secondary N) is 1. The molecule has 0 unspecified atom stereocenters. The summed E-state index contributed by atoms with van der Waals surface area (Å²) in [6.45, 7) is 4.03. The van der Waals surface area contributed by atoms with Crippen molar-refractivity contribution < 1.29 is 27.5 Å². The van der Waals surface area contributed by atoms with Gasteiger partial charge in [0.25, 0.3) is 0 Å². The number of urea groups is 1. The number of carbonyl (C=O) groups is 2. The minimum Gasteiger partial charge on any atom is -0.497 e. The summed E-state index contributed by atoms with van der Waals surface area (Å²) in [6.07, 6.45) is 2.22. The predicted molar refractivity (Wildman–Crippen MR) is 131 cm³/mol. The zero-order valence-corrected chi connectivity index (χ0v) is 20.8. The van der Waals surface area contributed by atoms with Crippen molar-refractivity contribution in [2.24, 2.45) is 5.41 Å². The van der Waals surface area contributed by atoms with Crippen molar-refractivity contribution in [3.63, 3.8) is 0 Å². The average Bonchev–Trinajstić information content (AvgIpc) is 3.28. The third kappa shape index (κ3) is 5.43. The van der Waals surface area contributed by atoms with Gasteiger partial charge in [-0.3, -0.25) is 0 Å². The third-order valence-electron chi connectivity index (χ3n) is 6.81. The molecule has 0 radical (unpaired) electrons. The van der Waals surface area contributed by atoms with E-state index < -0.39 is 16.0 Å². The molecule has 0 saturated carbocycles. The number of likely N-dealkylation sites (tertiary alicyclic amines) is 1. The minimum absolute atomic E-state index is 0.0927. The molecule has 1 N–H and O–H groups in total. The van der Waals surface area contributed by atoms with E-state index in [-0.39, 0.29) is 22.9 Å². The molecule has 2 heterocycles. The molecule has 2 amide bonds. The molecule has 0 bridgehead atoms. The van der Waals surface area contributed by atoms with Crippen LogP contribution in [0.4, 0.5) is 10.5 Å². The van der Waals surface area contributed by atoms with Crippen LogP contribution in [0.1, 0.15) is 36.5 Å². The van der Waals surface area contributed by atoms with Crippen LogP contribution < -0.4 is 10.1 Å². The van der Waals surface area contributed by atoms with Crippen LogP contribution in [0, 0.1) is 5.41 Å². The van der Waals surface area contributed by atoms with Crippen LogP contribution in [0.5, 0.6) is 5.75 Å². The number of amides is 2. The molecule has 1 spiro atoms. The van der Waals surface area contributed by atoms with E-state index >= 15 is 0 Å². The Hall–Kier alpha value is -3.11. The maximum Gasteiger partial charge on any atom is 0.338 e. The van der Waals surface area contributed by atoms with Crippen LogP contribution in [0.2, 0.25) is 0 Å². The predicted octanol–water partition coefficient (Wildman–Crippen LogP) is 3.58. The van der Waals surface area contributed by atoms with Gasteiger partial charge >= 0.3 is 12.0 Å². The van der Waals surface area contributed by atoms with E-state index in [2.05, 4.69) is 5.32 Å². The van der Waals surface area contributed by atoms with Crippen LogP contribution in [0.3, 0.4) is 0 Å². The molecule has 2 aliphatic heterocycles. The number of methoxy groups -OCH3 is 1. The SMILES string of the molecule is CCOC(=O)c1cccc(NC(=O)N2CCC3(CCN(S(=O)(=O)c4cccc(OC)c4)CC3)C2)c1. The van der Waals surface area contributed by atoms with Gasteiger partial charge in [0.15, 0.2) is 0 Å². The highest BCUT2D eigenvalue weighted by Crippen LogP contribution is 2.41. The van der Waals surface area contributed by atoms with Crippen molar-refractivity contribution >= 4 is 27.7 Å². The largest absolute Gasteiger partial charge is 0.497 e. The highest BCUT2D eigenvalue weighted by atomic mass is 32.2. The zero-order chi connectivity index (χ0) is 25.1. The molecule has 0 aliphatic carbocycles. The number of sulfonamides is 1. The van der Waals surface area contributed by atoms with E-state index in [1.165, 1.54) is 17.5 Å². The van der Waals surface area contributed by atoms with Crippen molar-refractivity contribution in [3.8, 4) is 5.75 Å². The summed E-state index contributed by atoms with van der Waals surface area (Å²) < 4.78 is 37.9. The maximum atomic E-state index is 13.1. The molecule has 188 valence electrons. The van der Waals surface area contributed by atoms with Crippen molar-refractivity contribution in [1.29, 1.82) is 0 Å². The summed E-state index contributed by atoms with van der Waals surface area (Å²) in [5.41, 5.74) is 0.817. The van der Waals surface area contributed by atoms with Crippen LogP contribution in [-0.4, -0.2) is 69.5 Å². The molecule has 2 fully saturated rings. The van der Waals surface area contributed by atoms with E-state index in [4.69, 9.17) is 9.47 Å². The molecule has 0 aromatic heterocycles. The second-order valence-corrected chi connectivity index (χ2v) is 10.9. The molecule has 2 aliphatic rings. The highest BCUT2D eigenvalue weighted by molar-refractivity contribution is 7.89. The van der Waals surface area contributed by atoms with E-state index in [0.717, 1.165) is 6.42 Å². The Morgan fingerprint density at radius 2 is 1.74 bits per heavy atom. The Morgan fingerprint density at radius 3 is 2.46 bits per heavy atom. The Balaban J connectivity index is 1.35. The van der Waals surface area contributed by atoms with Crippen LogP contribution in [0.25, 0.3) is 0 Å². The number of benzene rings is 2. The number of nitrogens with zero attached hydrogens (tertiary/aromatic N) is 2. The molecular weight excluding hydrogens is 470 g/mol. The van der Waals surface area contributed by atoms with Gasteiger partial charge in [-0.2, -0.15) is 4.31 Å². The number of esters is 1. The lowest BCUT2D eigenvalue weighted by Crippen LogP contribution is -2.45. The first-order chi connectivity index (χ1) is 16.8. The molecule has 9 nitrogen and oxygen atoms in total. The molecular formula is C25H31N3O6S. The van der Waals surface area contributed by atoms with Gasteiger partial charge < -0.3 is 19.7 Å². The number of hydrogen-bond donors (Lipinski definition) is 1. The van der Waals surface area contributed by atoms with Crippen LogP contribution in [-0.2, 0) is 14.8 Å². The second kappa shape index (κ2) is 10.2. The number of rotatable bonds is 6. The Kier molecular flexibility index (Phi) is 7.32. The summed E-state index contributed by atoms with van der Waals surface area (Å²) in [7, 11) is -2.09. The maximum absolute atomic E-state index is 13.1. The van der Waals surface area contributed by atoms with Gasteiger partial charge in [0.2, 0.25) is 10.0 Å². The van der Waals surface area contributed by atoms with E-state index in [1.807, 2.05) is 0 Å². The minimum atomic E-state index is -3.60. The fourth-order valence-electron chi connectivity index (χ4n) is 4.77. The van der Waals surface area contributed by atoms with Gasteiger partial charge in [0.1, 0.15) is 5.75 Å². The second-order valence-electron chi connectivity index (χ2n) is 8.99. The van der Waals surface area contributed by atoms with Gasteiger partial charge in [0, 0.05) is 37.9 Å². The Bertz CT molecular complexity index is 1190. The van der Waals surface area contributed by atoms with Crippen molar-refractivity contribution in [3.05, 3.63) is 54.1 Å². The van der Waals surface area contributed by atoms with Gasteiger partial charge in [-0.15, -0.1) is 0 Å². The summed E-state index contributed by atoms with van der Waals surface area (Å²) in [5.74, 6) is 0.0733. The van der Waals surface area contributed by atoms with Crippen LogP contribution in [0.15, 0.2) is 53.4 Å². The molecule has 35 heavy (non-hydrogen) atoms. The average molecular weight is 502 g/mol. The summed E-state index contributed by atoms with van der Waals surface area (Å²) in [6, 6.07) is 13.0. The van der Waals surface area contributed by atoms with Crippen molar-refractivity contribution in [1.82, 2.24) is 9.21 Å². The third-order valence-corrected chi connectivity index (χ3v) is 8.71. The smallest absolute Gasteiger partial charge is 0.338 e. The number of piperidine rings is 1. The molecule has 2 saturated heterocycles. The lowest BCUT2D eigenvalue weighted by molar-refractivity contribution is 0.0526. The van der Waals surface area contributed by atoms with E-state index in [0.29, 0.717) is 56.0 Å². The molecule has 10 heteroatoms. The quantitative estimate of drug-likeness (QED) is 0.607. The van der Waals surface area contributed by atoms with Crippen LogP contribution >= 0.6 is 0 Å². The summed E-state index contributed by atoms with van der Waals surface area (Å²) in [4.78, 5) is 26.9. The first-order valence-corrected chi connectivity index (χ1v) is 13.2. The van der Waals surface area contributed by atoms with Crippen molar-refractivity contribution in [2.75, 3.05) is 45.2 Å². The Labute approximate surface area is 206 Å². The highest BCUT2D eigenvalue weighted by Gasteiger charge is 2.44. The summed E-state index contributed by atoms with van der Waals surface area (Å²) in [5, 5.41) is 2.87. The van der Waals surface area contributed by atoms with Crippen molar-refractivity contribution in [2.45, 2.75) is 31.1 Å². The Morgan fingerprint density at radius 1 is 1.03 bits per heavy atom. The summed E-state index contributed by atoms with van der Waals surface area (Å²) >= 11 is 0. The zero-order valence-electron chi connectivity index (χ0n) is 20.0. The van der Waals surface area contributed by atoms with E-state index in [1.54, 1.807) is 54.3 Å². The van der Waals surface area contributed by atoms with E-state index in [9.17, 15) is 18.0 Å². The normalized spacial score (nSPS) is 17.8. The number of carbonyl (C=O) groups excluding carboxylic acids is 2. The monoisotopic (exact) mass is 501 g/mol. The van der Waals surface area contributed by atoms with Gasteiger partial charge in [-0.25, -0.2) is 18.0 Å². The molecule has 2 aromatic carbocycles. The first kappa shape index (κ1) is 25.0. The fourth-order valence-corrected chi connectivity index (χ4v) is 6.25. The molecule has 4 rings (SSSR count). The number of anilines is 1. The standard InChI is InChI=1S/C25H31N3O6S/c1-3-34-23(29)19-6-4-7-20(16-19)26-24(30)27-13-10-25(18-27)11-14-28(15-12-25)35(31,32)22-9-5-8-21(17-22)33-2/h4-9,16-17H,3,10-15,18H2,1-2H3,(H,26,30). The van der Waals surface area contributed by atoms with Gasteiger partial charge in [0.05, 0.1) is 24.2 Å². The number of hydrogen-bond acceptors (Lipinski definition) is 6. The van der Waals surface area contributed by atoms with Gasteiger partial charge in [-0.05, 0) is 61.9 Å². The lowest BCUT2D eigenvalue weighted by Gasteiger charge is -2.38. The lowest BCUT2D eigenvalue weighted by atomic mass is 9.78.